The van der Waals surface area contributed by atoms with Gasteiger partial charge in [-0.1, -0.05) is 6.92 Å². The van der Waals surface area contributed by atoms with Crippen LogP contribution in [-0.4, -0.2) is 47.4 Å². The van der Waals surface area contributed by atoms with E-state index in [4.69, 9.17) is 9.47 Å². The number of alkyl halides is 3. The quantitative estimate of drug-likeness (QED) is 0.864. The third-order valence-electron chi connectivity index (χ3n) is 5.05. The number of rotatable bonds is 4. The van der Waals surface area contributed by atoms with Crippen LogP contribution < -0.4 is 9.47 Å². The zero-order valence-electron chi connectivity index (χ0n) is 15.0. The standard InChI is InChI=1S/C18H21F3N2O4/c1-11-3-8-15-14(9-11)17(25,18(19,20)21)23(22-15)16(24)10-27-13-6-4-12(26-2)5-7-13/h4-7,11,14,25H,3,8-10H2,1-2H3/t11-,14-,17+/m0/s1. The first-order chi connectivity index (χ1) is 12.7. The highest BCUT2D eigenvalue weighted by Crippen LogP contribution is 2.49. The maximum absolute atomic E-state index is 13.7. The molecule has 6 nitrogen and oxygen atoms in total. The zero-order chi connectivity index (χ0) is 19.8. The van der Waals surface area contributed by atoms with Crippen LogP contribution in [0.4, 0.5) is 13.2 Å². The minimum Gasteiger partial charge on any atom is -0.497 e. The monoisotopic (exact) mass is 386 g/mol. The van der Waals surface area contributed by atoms with Crippen molar-refractivity contribution >= 4 is 11.6 Å². The van der Waals surface area contributed by atoms with E-state index < -0.39 is 30.3 Å². The normalized spacial score (nSPS) is 27.8. The Kier molecular flexibility index (Phi) is 5.07. The Hall–Kier alpha value is -2.29. The Bertz CT molecular complexity index is 735. The number of ether oxygens (including phenoxy) is 2. The molecule has 148 valence electrons. The third kappa shape index (κ3) is 3.47. The summed E-state index contributed by atoms with van der Waals surface area (Å²) in [5.41, 5.74) is -3.12. The van der Waals surface area contributed by atoms with Crippen molar-refractivity contribution in [2.45, 2.75) is 38.1 Å². The van der Waals surface area contributed by atoms with Gasteiger partial charge in [0, 0.05) is 5.71 Å². The van der Waals surface area contributed by atoms with Crippen LogP contribution in [-0.2, 0) is 4.79 Å². The Morgan fingerprint density at radius 2 is 1.96 bits per heavy atom. The van der Waals surface area contributed by atoms with Gasteiger partial charge >= 0.3 is 6.18 Å². The average molecular weight is 386 g/mol. The number of benzene rings is 1. The Labute approximate surface area is 154 Å². The van der Waals surface area contributed by atoms with Crippen LogP contribution in [0.15, 0.2) is 29.4 Å². The molecule has 0 saturated heterocycles. The molecule has 1 N–H and O–H groups in total. The van der Waals surface area contributed by atoms with Gasteiger partial charge in [0.1, 0.15) is 11.5 Å². The number of aliphatic hydroxyl groups is 1. The number of hydrogen-bond donors (Lipinski definition) is 1. The van der Waals surface area contributed by atoms with E-state index in [9.17, 15) is 23.1 Å². The smallest absolute Gasteiger partial charge is 0.439 e. The number of nitrogens with zero attached hydrogens (tertiary/aromatic N) is 2. The van der Waals surface area contributed by atoms with Gasteiger partial charge in [0.2, 0.25) is 0 Å². The van der Waals surface area contributed by atoms with Crippen LogP contribution in [0, 0.1) is 11.8 Å². The lowest BCUT2D eigenvalue weighted by molar-refractivity contribution is -0.318. The molecule has 0 spiro atoms. The number of carbonyl (C=O) groups is 1. The van der Waals surface area contributed by atoms with E-state index in [0.717, 1.165) is 0 Å². The molecule has 1 aliphatic carbocycles. The summed E-state index contributed by atoms with van der Waals surface area (Å²) in [5.74, 6) is -1.43. The summed E-state index contributed by atoms with van der Waals surface area (Å²) in [7, 11) is 1.49. The molecule has 1 aromatic carbocycles. The fourth-order valence-corrected chi connectivity index (χ4v) is 3.54. The Morgan fingerprint density at radius 3 is 2.56 bits per heavy atom. The fourth-order valence-electron chi connectivity index (χ4n) is 3.54. The maximum Gasteiger partial charge on any atom is 0.439 e. The van der Waals surface area contributed by atoms with Crippen LogP contribution in [0.5, 0.6) is 11.5 Å². The molecule has 27 heavy (non-hydrogen) atoms. The second kappa shape index (κ2) is 7.03. The predicted octanol–water partition coefficient (Wildman–Crippen LogP) is 2.96. The molecule has 3 atom stereocenters. The summed E-state index contributed by atoms with van der Waals surface area (Å²) in [4.78, 5) is 12.4. The third-order valence-corrected chi connectivity index (χ3v) is 5.05. The first-order valence-electron chi connectivity index (χ1n) is 8.63. The molecule has 1 saturated carbocycles. The van der Waals surface area contributed by atoms with Gasteiger partial charge in [-0.2, -0.15) is 23.3 Å². The molecule has 1 aromatic rings. The topological polar surface area (TPSA) is 71.4 Å². The summed E-state index contributed by atoms with van der Waals surface area (Å²) in [6.45, 7) is 1.15. The lowest BCUT2D eigenvalue weighted by Crippen LogP contribution is -2.62. The Balaban J connectivity index is 1.78. The van der Waals surface area contributed by atoms with Crippen LogP contribution in [0.3, 0.4) is 0 Å². The van der Waals surface area contributed by atoms with Crippen molar-refractivity contribution in [1.82, 2.24) is 5.01 Å². The minimum absolute atomic E-state index is 0.00780. The van der Waals surface area contributed by atoms with E-state index in [1.807, 2.05) is 6.92 Å². The highest BCUT2D eigenvalue weighted by molar-refractivity contribution is 5.93. The molecule has 2 aliphatic rings. The molecule has 1 aliphatic heterocycles. The molecular formula is C18H21F3N2O4. The molecule has 9 heteroatoms. The van der Waals surface area contributed by atoms with Crippen LogP contribution in [0.25, 0.3) is 0 Å². The van der Waals surface area contributed by atoms with Gasteiger partial charge in [-0.3, -0.25) is 4.79 Å². The second-order valence-corrected chi connectivity index (χ2v) is 6.92. The molecule has 1 amide bonds. The molecule has 0 radical (unpaired) electrons. The number of methoxy groups -OCH3 is 1. The fraction of sp³-hybridized carbons (Fsp3) is 0.556. The molecule has 0 unspecified atom stereocenters. The van der Waals surface area contributed by atoms with E-state index in [1.54, 1.807) is 12.1 Å². The highest BCUT2D eigenvalue weighted by Gasteiger charge is 2.68. The minimum atomic E-state index is -5.03. The van der Waals surface area contributed by atoms with Gasteiger partial charge in [-0.25, -0.2) is 0 Å². The van der Waals surface area contributed by atoms with Crippen molar-refractivity contribution < 1.29 is 32.5 Å². The van der Waals surface area contributed by atoms with Crippen molar-refractivity contribution in [2.24, 2.45) is 16.9 Å². The predicted molar refractivity (Wildman–Crippen MR) is 90.3 cm³/mol. The van der Waals surface area contributed by atoms with E-state index in [-0.39, 0.29) is 28.8 Å². The number of hydrazone groups is 1. The lowest BCUT2D eigenvalue weighted by atomic mass is 9.76. The number of fused-ring (bicyclic) bond motifs is 1. The molecule has 0 aromatic heterocycles. The van der Waals surface area contributed by atoms with Crippen molar-refractivity contribution in [2.75, 3.05) is 13.7 Å². The summed E-state index contributed by atoms with van der Waals surface area (Å²) >= 11 is 0. The number of halogens is 3. The summed E-state index contributed by atoms with van der Waals surface area (Å²) in [6, 6.07) is 6.24. The van der Waals surface area contributed by atoms with Crippen LogP contribution >= 0.6 is 0 Å². The molecule has 1 heterocycles. The molecule has 1 fully saturated rings. The van der Waals surface area contributed by atoms with Gasteiger partial charge in [-0.05, 0) is 49.4 Å². The van der Waals surface area contributed by atoms with Crippen molar-refractivity contribution in [3.8, 4) is 11.5 Å². The Morgan fingerprint density at radius 1 is 1.33 bits per heavy atom. The first-order valence-corrected chi connectivity index (χ1v) is 8.63. The van der Waals surface area contributed by atoms with Crippen molar-refractivity contribution in [3.05, 3.63) is 24.3 Å². The van der Waals surface area contributed by atoms with E-state index in [2.05, 4.69) is 5.10 Å². The van der Waals surface area contributed by atoms with Gasteiger partial charge < -0.3 is 14.6 Å². The number of carbonyl (C=O) groups excluding carboxylic acids is 1. The average Bonchev–Trinajstić information content (AvgIpc) is 2.94. The lowest BCUT2D eigenvalue weighted by Gasteiger charge is -2.39. The van der Waals surface area contributed by atoms with Crippen LogP contribution in [0.1, 0.15) is 26.2 Å². The second-order valence-electron chi connectivity index (χ2n) is 6.92. The first kappa shape index (κ1) is 19.5. The highest BCUT2D eigenvalue weighted by atomic mass is 19.4. The van der Waals surface area contributed by atoms with Crippen molar-refractivity contribution in [3.63, 3.8) is 0 Å². The number of amides is 1. The summed E-state index contributed by atoms with van der Waals surface area (Å²) in [5, 5.41) is 14.5. The molecule has 0 bridgehead atoms. The maximum atomic E-state index is 13.7. The van der Waals surface area contributed by atoms with Crippen LogP contribution in [0.2, 0.25) is 0 Å². The molecule has 3 rings (SSSR count). The van der Waals surface area contributed by atoms with Gasteiger partial charge in [0.05, 0.1) is 13.0 Å². The number of hydrogen-bond acceptors (Lipinski definition) is 5. The zero-order valence-corrected chi connectivity index (χ0v) is 15.0. The molecular weight excluding hydrogens is 365 g/mol. The largest absolute Gasteiger partial charge is 0.497 e. The van der Waals surface area contributed by atoms with E-state index in [0.29, 0.717) is 18.6 Å². The van der Waals surface area contributed by atoms with Crippen molar-refractivity contribution in [1.29, 1.82) is 0 Å². The summed E-state index contributed by atoms with van der Waals surface area (Å²) < 4.78 is 51.4. The SMILES string of the molecule is COc1ccc(OCC(=O)N2N=C3CC[C@H](C)C[C@@H]3[C@@]2(O)C(F)(F)F)cc1. The van der Waals surface area contributed by atoms with Gasteiger partial charge in [-0.15, -0.1) is 0 Å². The van der Waals surface area contributed by atoms with E-state index >= 15 is 0 Å². The van der Waals surface area contributed by atoms with Gasteiger partial charge in [0.25, 0.3) is 11.6 Å². The van der Waals surface area contributed by atoms with Gasteiger partial charge in [0.15, 0.2) is 6.61 Å². The van der Waals surface area contributed by atoms with E-state index in [1.165, 1.54) is 19.2 Å². The summed E-state index contributed by atoms with van der Waals surface area (Å²) in [6.07, 6.45) is -3.91.